The minimum Gasteiger partial charge on any atom is -0.381 e. The first-order valence-corrected chi connectivity index (χ1v) is 5.70. The molecule has 0 unspecified atom stereocenters. The molecule has 0 radical (unpaired) electrons. The molecule has 0 fully saturated rings. The molecule has 0 saturated heterocycles. The van der Waals surface area contributed by atoms with Crippen LogP contribution in [0.5, 0.6) is 0 Å². The third-order valence-electron chi connectivity index (χ3n) is 2.01. The molecule has 0 bridgehead atoms. The van der Waals surface area contributed by atoms with Gasteiger partial charge in [0.1, 0.15) is 0 Å². The van der Waals surface area contributed by atoms with Crippen LogP contribution in [0.25, 0.3) is 0 Å². The highest BCUT2D eigenvalue weighted by molar-refractivity contribution is 4.87. The van der Waals surface area contributed by atoms with E-state index in [2.05, 4.69) is 25.7 Å². The summed E-state index contributed by atoms with van der Waals surface area (Å²) in [7, 11) is 0. The first-order valence-electron chi connectivity index (χ1n) is 5.70. The maximum Gasteiger partial charge on any atom is 0.0478 e. The topological polar surface area (TPSA) is 21.3 Å². The average molecular weight is 199 g/mol. The molecular formula is C12H25NO. The summed E-state index contributed by atoms with van der Waals surface area (Å²) >= 11 is 0. The number of hydrogen-bond donors (Lipinski definition) is 1. The van der Waals surface area contributed by atoms with Gasteiger partial charge in [-0.1, -0.05) is 18.9 Å². The number of rotatable bonds is 10. The Morgan fingerprint density at radius 2 is 1.93 bits per heavy atom. The van der Waals surface area contributed by atoms with E-state index in [1.54, 1.807) is 0 Å². The van der Waals surface area contributed by atoms with Crippen LogP contribution in [0.4, 0.5) is 0 Å². The zero-order valence-corrected chi connectivity index (χ0v) is 9.77. The Balaban J connectivity index is 2.88. The maximum atomic E-state index is 5.44. The monoisotopic (exact) mass is 199 g/mol. The van der Waals surface area contributed by atoms with Crippen molar-refractivity contribution < 1.29 is 4.74 Å². The van der Waals surface area contributed by atoms with E-state index in [1.807, 2.05) is 0 Å². The zero-order valence-electron chi connectivity index (χ0n) is 9.77. The van der Waals surface area contributed by atoms with Gasteiger partial charge in [0.25, 0.3) is 0 Å². The lowest BCUT2D eigenvalue weighted by Crippen LogP contribution is -2.18. The molecule has 1 N–H and O–H groups in total. The summed E-state index contributed by atoms with van der Waals surface area (Å²) in [4.78, 5) is 0. The highest BCUT2D eigenvalue weighted by atomic mass is 16.5. The van der Waals surface area contributed by atoms with Gasteiger partial charge in [-0.05, 0) is 39.3 Å². The Bertz CT molecular complexity index is 134. The van der Waals surface area contributed by atoms with E-state index in [4.69, 9.17) is 4.74 Å². The van der Waals surface area contributed by atoms with Gasteiger partial charge < -0.3 is 10.1 Å². The van der Waals surface area contributed by atoms with Gasteiger partial charge in [-0.2, -0.15) is 0 Å². The molecule has 0 atom stereocenters. The van der Waals surface area contributed by atoms with Gasteiger partial charge in [-0.15, -0.1) is 6.58 Å². The highest BCUT2D eigenvalue weighted by Gasteiger charge is 1.90. The van der Waals surface area contributed by atoms with Gasteiger partial charge in [0, 0.05) is 13.2 Å². The largest absolute Gasteiger partial charge is 0.381 e. The minimum absolute atomic E-state index is 0.889. The van der Waals surface area contributed by atoms with Gasteiger partial charge in [-0.25, -0.2) is 0 Å². The standard InChI is InChI=1S/C12H25NO/c1-4-5-10-14-11-6-8-13-9-7-12(2)3/h13H,2,4-11H2,1,3H3. The van der Waals surface area contributed by atoms with E-state index in [9.17, 15) is 0 Å². The van der Waals surface area contributed by atoms with Crippen molar-refractivity contribution in [2.24, 2.45) is 0 Å². The summed E-state index contributed by atoms with van der Waals surface area (Å²) in [5.74, 6) is 0. The van der Waals surface area contributed by atoms with Crippen molar-refractivity contribution in [3.05, 3.63) is 12.2 Å². The lowest BCUT2D eigenvalue weighted by molar-refractivity contribution is 0.129. The molecule has 0 aromatic heterocycles. The summed E-state index contributed by atoms with van der Waals surface area (Å²) < 4.78 is 5.44. The Morgan fingerprint density at radius 1 is 1.21 bits per heavy atom. The van der Waals surface area contributed by atoms with E-state index in [1.165, 1.54) is 18.4 Å². The maximum absolute atomic E-state index is 5.44. The molecule has 84 valence electrons. The molecule has 0 aromatic rings. The molecule has 2 nitrogen and oxygen atoms in total. The van der Waals surface area contributed by atoms with Crippen LogP contribution in [0.3, 0.4) is 0 Å². The van der Waals surface area contributed by atoms with Gasteiger partial charge in [0.2, 0.25) is 0 Å². The molecule has 0 aromatic carbocycles. The molecule has 0 saturated carbocycles. The molecule has 0 rings (SSSR count). The second-order valence-corrected chi connectivity index (χ2v) is 3.78. The predicted molar refractivity (Wildman–Crippen MR) is 62.6 cm³/mol. The summed E-state index contributed by atoms with van der Waals surface area (Å²) in [6.07, 6.45) is 4.59. The molecule has 2 heteroatoms. The van der Waals surface area contributed by atoms with Gasteiger partial charge in [0.15, 0.2) is 0 Å². The van der Waals surface area contributed by atoms with Crippen LogP contribution in [0.15, 0.2) is 12.2 Å². The van der Waals surface area contributed by atoms with E-state index in [0.717, 1.165) is 39.1 Å². The van der Waals surface area contributed by atoms with Gasteiger partial charge in [0.05, 0.1) is 0 Å². The SMILES string of the molecule is C=C(C)CCNCCCOCCCC. The van der Waals surface area contributed by atoms with Crippen molar-refractivity contribution >= 4 is 0 Å². The Labute approximate surface area is 88.7 Å². The van der Waals surface area contributed by atoms with Crippen LogP contribution in [0, 0.1) is 0 Å². The van der Waals surface area contributed by atoms with Crippen molar-refractivity contribution in [3.63, 3.8) is 0 Å². The zero-order chi connectivity index (χ0) is 10.6. The van der Waals surface area contributed by atoms with Gasteiger partial charge >= 0.3 is 0 Å². The van der Waals surface area contributed by atoms with Crippen LogP contribution in [-0.4, -0.2) is 26.3 Å². The molecule has 0 spiro atoms. The molecule has 0 aliphatic carbocycles. The fourth-order valence-electron chi connectivity index (χ4n) is 1.07. The summed E-state index contributed by atoms with van der Waals surface area (Å²) in [6, 6.07) is 0. The molecule has 0 heterocycles. The average Bonchev–Trinajstić information content (AvgIpc) is 2.15. The molecule has 0 amide bonds. The Hall–Kier alpha value is -0.340. The lowest BCUT2D eigenvalue weighted by atomic mass is 10.2. The molecule has 14 heavy (non-hydrogen) atoms. The van der Waals surface area contributed by atoms with E-state index >= 15 is 0 Å². The first-order chi connectivity index (χ1) is 6.77. The highest BCUT2D eigenvalue weighted by Crippen LogP contribution is 1.92. The van der Waals surface area contributed by atoms with E-state index < -0.39 is 0 Å². The second kappa shape index (κ2) is 10.7. The Kier molecular flexibility index (Phi) is 10.5. The number of hydrogen-bond acceptors (Lipinski definition) is 2. The molecule has 0 aliphatic rings. The quantitative estimate of drug-likeness (QED) is 0.431. The van der Waals surface area contributed by atoms with Crippen molar-refractivity contribution in [1.82, 2.24) is 5.32 Å². The normalized spacial score (nSPS) is 10.4. The van der Waals surface area contributed by atoms with Crippen LogP contribution in [0.2, 0.25) is 0 Å². The predicted octanol–water partition coefficient (Wildman–Crippen LogP) is 2.75. The fraction of sp³-hybridized carbons (Fsp3) is 0.833. The van der Waals surface area contributed by atoms with Crippen molar-refractivity contribution in [1.29, 1.82) is 0 Å². The van der Waals surface area contributed by atoms with Crippen molar-refractivity contribution in [2.75, 3.05) is 26.3 Å². The third kappa shape index (κ3) is 11.7. The third-order valence-corrected chi connectivity index (χ3v) is 2.01. The number of ether oxygens (including phenoxy) is 1. The van der Waals surface area contributed by atoms with Crippen molar-refractivity contribution in [3.8, 4) is 0 Å². The second-order valence-electron chi connectivity index (χ2n) is 3.78. The Morgan fingerprint density at radius 3 is 2.57 bits per heavy atom. The summed E-state index contributed by atoms with van der Waals surface area (Å²) in [5, 5.41) is 3.37. The summed E-state index contributed by atoms with van der Waals surface area (Å²) in [5.41, 5.74) is 1.25. The molecule has 0 aliphatic heterocycles. The van der Waals surface area contributed by atoms with Crippen LogP contribution < -0.4 is 5.32 Å². The van der Waals surface area contributed by atoms with Crippen molar-refractivity contribution in [2.45, 2.75) is 39.5 Å². The lowest BCUT2D eigenvalue weighted by Gasteiger charge is -2.05. The number of unbranched alkanes of at least 4 members (excludes halogenated alkanes) is 1. The first kappa shape index (κ1) is 13.7. The van der Waals surface area contributed by atoms with Crippen LogP contribution in [-0.2, 0) is 4.74 Å². The van der Waals surface area contributed by atoms with Crippen LogP contribution in [0.1, 0.15) is 39.5 Å². The smallest absolute Gasteiger partial charge is 0.0478 e. The van der Waals surface area contributed by atoms with Gasteiger partial charge in [-0.3, -0.25) is 0 Å². The number of nitrogens with one attached hydrogen (secondary N) is 1. The molecular weight excluding hydrogens is 174 g/mol. The minimum atomic E-state index is 0.889. The summed E-state index contributed by atoms with van der Waals surface area (Å²) in [6.45, 7) is 12.0. The van der Waals surface area contributed by atoms with E-state index in [-0.39, 0.29) is 0 Å². The van der Waals surface area contributed by atoms with Crippen LogP contribution >= 0.6 is 0 Å². The fourth-order valence-corrected chi connectivity index (χ4v) is 1.07. The van der Waals surface area contributed by atoms with E-state index in [0.29, 0.717) is 0 Å².